The maximum Gasteiger partial charge on any atom is 0.262 e. The molecule has 1 aliphatic rings. The fourth-order valence-corrected chi connectivity index (χ4v) is 4.06. The summed E-state index contributed by atoms with van der Waals surface area (Å²) in [4.78, 5) is 12.9. The standard InChI is InChI=1S/C15H19NO2S2/c17-8-3-1-5-12-7-10-20-14(12)15(18)16-11-13-6-2-4-9-19-13/h7,10,13,17H,2-4,6,8-9,11H2,(H,16,18). The average Bonchev–Trinajstić information content (AvgIpc) is 2.95. The van der Waals surface area contributed by atoms with E-state index in [0.29, 0.717) is 16.5 Å². The predicted molar refractivity (Wildman–Crippen MR) is 85.3 cm³/mol. The molecule has 1 saturated heterocycles. The number of rotatable bonds is 4. The first-order chi connectivity index (χ1) is 9.81. The lowest BCUT2D eigenvalue weighted by Crippen LogP contribution is -2.31. The Morgan fingerprint density at radius 1 is 1.50 bits per heavy atom. The Balaban J connectivity index is 1.89. The molecular weight excluding hydrogens is 290 g/mol. The van der Waals surface area contributed by atoms with Gasteiger partial charge in [-0.15, -0.1) is 11.3 Å². The van der Waals surface area contributed by atoms with Gasteiger partial charge in [-0.2, -0.15) is 11.8 Å². The largest absolute Gasteiger partial charge is 0.395 e. The maximum atomic E-state index is 12.2. The summed E-state index contributed by atoms with van der Waals surface area (Å²) >= 11 is 3.37. The van der Waals surface area contributed by atoms with Gasteiger partial charge >= 0.3 is 0 Å². The van der Waals surface area contributed by atoms with Gasteiger partial charge < -0.3 is 10.4 Å². The van der Waals surface area contributed by atoms with Crippen LogP contribution in [0.4, 0.5) is 0 Å². The van der Waals surface area contributed by atoms with Gasteiger partial charge in [-0.25, -0.2) is 0 Å². The smallest absolute Gasteiger partial charge is 0.262 e. The van der Waals surface area contributed by atoms with Crippen LogP contribution in [0.2, 0.25) is 0 Å². The normalized spacial score (nSPS) is 18.1. The fourth-order valence-electron chi connectivity index (χ4n) is 2.05. The Morgan fingerprint density at radius 2 is 2.40 bits per heavy atom. The van der Waals surface area contributed by atoms with Crippen molar-refractivity contribution in [2.24, 2.45) is 0 Å². The third-order valence-electron chi connectivity index (χ3n) is 3.10. The number of hydrogen-bond acceptors (Lipinski definition) is 4. The van der Waals surface area contributed by atoms with Crippen LogP contribution in [0.25, 0.3) is 0 Å². The number of thioether (sulfide) groups is 1. The molecule has 1 unspecified atom stereocenters. The summed E-state index contributed by atoms with van der Waals surface area (Å²) in [5.41, 5.74) is 0.761. The van der Waals surface area contributed by atoms with E-state index < -0.39 is 0 Å². The van der Waals surface area contributed by atoms with E-state index in [-0.39, 0.29) is 12.5 Å². The first-order valence-corrected chi connectivity index (χ1v) is 8.81. The average molecular weight is 309 g/mol. The molecule has 5 heteroatoms. The van der Waals surface area contributed by atoms with Gasteiger partial charge in [0, 0.05) is 23.8 Å². The first-order valence-electron chi connectivity index (χ1n) is 6.88. The highest BCUT2D eigenvalue weighted by molar-refractivity contribution is 7.99. The van der Waals surface area contributed by atoms with Gasteiger partial charge in [0.05, 0.1) is 6.61 Å². The molecule has 1 aromatic rings. The highest BCUT2D eigenvalue weighted by Gasteiger charge is 2.17. The quantitative estimate of drug-likeness (QED) is 0.840. The van der Waals surface area contributed by atoms with Crippen molar-refractivity contribution in [1.82, 2.24) is 5.32 Å². The molecule has 2 N–H and O–H groups in total. The van der Waals surface area contributed by atoms with E-state index in [1.54, 1.807) is 0 Å². The zero-order valence-electron chi connectivity index (χ0n) is 11.4. The molecule has 0 radical (unpaired) electrons. The van der Waals surface area contributed by atoms with Gasteiger partial charge in [0.1, 0.15) is 4.88 Å². The number of hydrogen-bond donors (Lipinski definition) is 2. The summed E-state index contributed by atoms with van der Waals surface area (Å²) in [5, 5.41) is 14.2. The third-order valence-corrected chi connectivity index (χ3v) is 5.41. The molecule has 1 aromatic heterocycles. The monoisotopic (exact) mass is 309 g/mol. The number of amides is 1. The lowest BCUT2D eigenvalue weighted by Gasteiger charge is -2.21. The molecule has 2 heterocycles. The molecule has 0 spiro atoms. The summed E-state index contributed by atoms with van der Waals surface area (Å²) in [6.07, 6.45) is 4.20. The highest BCUT2D eigenvalue weighted by Crippen LogP contribution is 2.24. The van der Waals surface area contributed by atoms with E-state index in [9.17, 15) is 4.79 Å². The molecule has 108 valence electrons. The summed E-state index contributed by atoms with van der Waals surface area (Å²) < 4.78 is 0. The number of thiophene rings is 1. The maximum absolute atomic E-state index is 12.2. The Labute approximate surface area is 128 Å². The zero-order chi connectivity index (χ0) is 14.2. The van der Waals surface area contributed by atoms with Gasteiger partial charge in [-0.05, 0) is 30.0 Å². The van der Waals surface area contributed by atoms with Crippen molar-refractivity contribution in [2.75, 3.05) is 18.9 Å². The molecule has 0 aromatic carbocycles. The molecule has 20 heavy (non-hydrogen) atoms. The second kappa shape index (κ2) is 8.35. The first kappa shape index (κ1) is 15.4. The zero-order valence-corrected chi connectivity index (χ0v) is 13.0. The number of aliphatic hydroxyl groups excluding tert-OH is 1. The Morgan fingerprint density at radius 3 is 3.15 bits per heavy atom. The molecule has 1 aliphatic heterocycles. The van der Waals surface area contributed by atoms with Gasteiger partial charge in [-0.3, -0.25) is 4.79 Å². The van der Waals surface area contributed by atoms with E-state index in [0.717, 1.165) is 12.1 Å². The number of nitrogens with one attached hydrogen (secondary N) is 1. The number of carbonyl (C=O) groups excluding carboxylic acids is 1. The topological polar surface area (TPSA) is 49.3 Å². The number of carbonyl (C=O) groups is 1. The van der Waals surface area contributed by atoms with Crippen LogP contribution in [0.5, 0.6) is 0 Å². The van der Waals surface area contributed by atoms with Gasteiger partial charge in [0.2, 0.25) is 0 Å². The van der Waals surface area contributed by atoms with E-state index in [2.05, 4.69) is 17.2 Å². The molecule has 1 atom stereocenters. The molecule has 0 saturated carbocycles. The van der Waals surface area contributed by atoms with Crippen LogP contribution in [0, 0.1) is 11.8 Å². The Kier molecular flexibility index (Phi) is 6.44. The molecule has 0 aliphatic carbocycles. The second-order valence-electron chi connectivity index (χ2n) is 4.64. The summed E-state index contributed by atoms with van der Waals surface area (Å²) in [6.45, 7) is 0.794. The Hall–Kier alpha value is -0.960. The van der Waals surface area contributed by atoms with Crippen LogP contribution < -0.4 is 5.32 Å². The van der Waals surface area contributed by atoms with Crippen molar-refractivity contribution in [3.8, 4) is 11.8 Å². The summed E-state index contributed by atoms with van der Waals surface area (Å²) in [6, 6.07) is 1.86. The second-order valence-corrected chi connectivity index (χ2v) is 6.96. The summed E-state index contributed by atoms with van der Waals surface area (Å²) in [7, 11) is 0. The van der Waals surface area contributed by atoms with E-state index in [1.807, 2.05) is 23.2 Å². The molecule has 0 bridgehead atoms. The molecular formula is C15H19NO2S2. The minimum Gasteiger partial charge on any atom is -0.395 e. The SMILES string of the molecule is O=C(NCC1CCCCS1)c1sccc1C#CCCO. The molecule has 1 fully saturated rings. The van der Waals surface area contributed by atoms with Crippen molar-refractivity contribution in [3.05, 3.63) is 21.9 Å². The van der Waals surface area contributed by atoms with E-state index >= 15 is 0 Å². The fraction of sp³-hybridized carbons (Fsp3) is 0.533. The minimum absolute atomic E-state index is 0.0283. The van der Waals surface area contributed by atoms with Crippen LogP contribution in [0.1, 0.15) is 40.9 Å². The number of aliphatic hydroxyl groups is 1. The van der Waals surface area contributed by atoms with Crippen molar-refractivity contribution in [3.63, 3.8) is 0 Å². The molecule has 1 amide bonds. The van der Waals surface area contributed by atoms with Crippen LogP contribution in [0.3, 0.4) is 0 Å². The van der Waals surface area contributed by atoms with Crippen LogP contribution in [-0.2, 0) is 0 Å². The van der Waals surface area contributed by atoms with Crippen LogP contribution in [-0.4, -0.2) is 35.2 Å². The predicted octanol–water partition coefficient (Wildman–Crippen LogP) is 2.50. The van der Waals surface area contributed by atoms with Crippen LogP contribution in [0.15, 0.2) is 11.4 Å². The Bertz CT molecular complexity index is 495. The van der Waals surface area contributed by atoms with E-state index in [1.165, 1.54) is 36.4 Å². The van der Waals surface area contributed by atoms with Crippen molar-refractivity contribution in [2.45, 2.75) is 30.9 Å². The van der Waals surface area contributed by atoms with Crippen molar-refractivity contribution >= 4 is 29.0 Å². The lowest BCUT2D eigenvalue weighted by atomic mass is 10.2. The van der Waals surface area contributed by atoms with E-state index in [4.69, 9.17) is 5.11 Å². The third kappa shape index (κ3) is 4.55. The van der Waals surface area contributed by atoms with Gasteiger partial charge in [0.15, 0.2) is 0 Å². The molecule has 3 nitrogen and oxygen atoms in total. The van der Waals surface area contributed by atoms with Crippen molar-refractivity contribution < 1.29 is 9.90 Å². The minimum atomic E-state index is -0.0283. The van der Waals surface area contributed by atoms with Crippen LogP contribution >= 0.6 is 23.1 Å². The van der Waals surface area contributed by atoms with Gasteiger partial charge in [-0.1, -0.05) is 18.3 Å². The summed E-state index contributed by atoms with van der Waals surface area (Å²) in [5.74, 6) is 6.99. The lowest BCUT2D eigenvalue weighted by molar-refractivity contribution is 0.0957. The van der Waals surface area contributed by atoms with Crippen molar-refractivity contribution in [1.29, 1.82) is 0 Å². The highest BCUT2D eigenvalue weighted by atomic mass is 32.2. The molecule has 2 rings (SSSR count). The van der Waals surface area contributed by atoms with Gasteiger partial charge in [0.25, 0.3) is 5.91 Å².